The van der Waals surface area contributed by atoms with Crippen LogP contribution in [0.25, 0.3) is 0 Å². The highest BCUT2D eigenvalue weighted by Crippen LogP contribution is 2.54. The van der Waals surface area contributed by atoms with Gasteiger partial charge in [-0.15, -0.1) is 0 Å². The molecule has 0 atom stereocenters. The van der Waals surface area contributed by atoms with Gasteiger partial charge in [-0.2, -0.15) is 0 Å². The van der Waals surface area contributed by atoms with E-state index in [4.69, 9.17) is 19.3 Å². The zero-order valence-corrected chi connectivity index (χ0v) is 11.4. The Labute approximate surface area is 112 Å². The standard InChI is InChI=1S/C14H18O5/c1-17-10-6-9(7-11(18-2)13(10)19-3)14(4-5-14)8-12(15)16/h6-7H,4-5,8H2,1-3H3,(H,15,16). The van der Waals surface area contributed by atoms with Crippen molar-refractivity contribution in [3.05, 3.63) is 17.7 Å². The van der Waals surface area contributed by atoms with Gasteiger partial charge in [-0.25, -0.2) is 0 Å². The number of aliphatic carboxylic acids is 1. The Balaban J connectivity index is 2.45. The minimum Gasteiger partial charge on any atom is -0.493 e. The molecule has 0 bridgehead atoms. The van der Waals surface area contributed by atoms with Crippen molar-refractivity contribution in [2.75, 3.05) is 21.3 Å². The molecule has 0 saturated heterocycles. The Bertz CT molecular complexity index is 466. The van der Waals surface area contributed by atoms with E-state index in [1.54, 1.807) is 21.3 Å². The molecule has 1 N–H and O–H groups in total. The van der Waals surface area contributed by atoms with Crippen LogP contribution >= 0.6 is 0 Å². The van der Waals surface area contributed by atoms with Crippen molar-refractivity contribution in [3.63, 3.8) is 0 Å². The summed E-state index contributed by atoms with van der Waals surface area (Å²) in [5.41, 5.74) is 0.656. The van der Waals surface area contributed by atoms with E-state index in [2.05, 4.69) is 0 Å². The maximum absolute atomic E-state index is 11.0. The average molecular weight is 266 g/mol. The summed E-state index contributed by atoms with van der Waals surface area (Å²) < 4.78 is 15.9. The summed E-state index contributed by atoms with van der Waals surface area (Å²) in [6.07, 6.45) is 1.88. The van der Waals surface area contributed by atoms with Gasteiger partial charge in [0.25, 0.3) is 0 Å². The monoisotopic (exact) mass is 266 g/mol. The van der Waals surface area contributed by atoms with Gasteiger partial charge in [-0.05, 0) is 30.5 Å². The zero-order chi connectivity index (χ0) is 14.0. The van der Waals surface area contributed by atoms with Gasteiger partial charge in [0.15, 0.2) is 11.5 Å². The van der Waals surface area contributed by atoms with Crippen molar-refractivity contribution in [2.45, 2.75) is 24.7 Å². The second-order valence-corrected chi connectivity index (χ2v) is 4.76. The van der Waals surface area contributed by atoms with Crippen molar-refractivity contribution in [3.8, 4) is 17.2 Å². The number of hydrogen-bond acceptors (Lipinski definition) is 4. The summed E-state index contributed by atoms with van der Waals surface area (Å²) in [6.45, 7) is 0. The number of ether oxygens (including phenoxy) is 3. The van der Waals surface area contributed by atoms with Crippen LogP contribution in [0.4, 0.5) is 0 Å². The third kappa shape index (κ3) is 2.45. The number of carboxylic acids is 1. The van der Waals surface area contributed by atoms with Gasteiger partial charge in [0.2, 0.25) is 5.75 Å². The Morgan fingerprint density at radius 2 is 1.68 bits per heavy atom. The van der Waals surface area contributed by atoms with Gasteiger partial charge in [0, 0.05) is 5.41 Å². The fourth-order valence-corrected chi connectivity index (χ4v) is 2.40. The lowest BCUT2D eigenvalue weighted by Crippen LogP contribution is -2.13. The van der Waals surface area contributed by atoms with E-state index in [1.807, 2.05) is 12.1 Å². The van der Waals surface area contributed by atoms with E-state index in [-0.39, 0.29) is 11.8 Å². The van der Waals surface area contributed by atoms with E-state index in [1.165, 1.54) is 0 Å². The molecule has 5 nitrogen and oxygen atoms in total. The smallest absolute Gasteiger partial charge is 0.304 e. The number of carboxylic acid groups (broad SMARTS) is 1. The maximum Gasteiger partial charge on any atom is 0.304 e. The first-order chi connectivity index (χ1) is 9.06. The van der Waals surface area contributed by atoms with E-state index < -0.39 is 5.97 Å². The topological polar surface area (TPSA) is 65.0 Å². The van der Waals surface area contributed by atoms with Gasteiger partial charge in [0.1, 0.15) is 0 Å². The van der Waals surface area contributed by atoms with Gasteiger partial charge in [-0.3, -0.25) is 4.79 Å². The van der Waals surface area contributed by atoms with Gasteiger partial charge < -0.3 is 19.3 Å². The molecule has 0 radical (unpaired) electrons. The SMILES string of the molecule is COc1cc(C2(CC(=O)O)CC2)cc(OC)c1OC. The number of carbonyl (C=O) groups is 1. The van der Waals surface area contributed by atoms with Crippen LogP contribution in [0.3, 0.4) is 0 Å². The van der Waals surface area contributed by atoms with Crippen LogP contribution in [0.1, 0.15) is 24.8 Å². The molecule has 1 aromatic rings. The summed E-state index contributed by atoms with van der Waals surface area (Å²) in [7, 11) is 4.65. The molecular weight excluding hydrogens is 248 g/mol. The lowest BCUT2D eigenvalue weighted by Gasteiger charge is -2.18. The zero-order valence-electron chi connectivity index (χ0n) is 11.4. The van der Waals surface area contributed by atoms with Crippen molar-refractivity contribution in [2.24, 2.45) is 0 Å². The fraction of sp³-hybridized carbons (Fsp3) is 0.500. The van der Waals surface area contributed by atoms with Crippen LogP contribution in [0.15, 0.2) is 12.1 Å². The van der Waals surface area contributed by atoms with Gasteiger partial charge in [-0.1, -0.05) is 0 Å². The molecule has 104 valence electrons. The van der Waals surface area contributed by atoms with E-state index >= 15 is 0 Å². The minimum absolute atomic E-state index is 0.131. The van der Waals surface area contributed by atoms with Crippen LogP contribution in [-0.2, 0) is 10.2 Å². The molecule has 1 aliphatic carbocycles. The molecule has 0 spiro atoms. The first-order valence-corrected chi connectivity index (χ1v) is 6.08. The molecule has 1 saturated carbocycles. The highest BCUT2D eigenvalue weighted by molar-refractivity contribution is 5.70. The Kier molecular flexibility index (Phi) is 3.55. The quantitative estimate of drug-likeness (QED) is 0.855. The highest BCUT2D eigenvalue weighted by Gasteiger charge is 2.46. The molecule has 1 aliphatic rings. The molecule has 19 heavy (non-hydrogen) atoms. The van der Waals surface area contributed by atoms with Crippen molar-refractivity contribution in [1.29, 1.82) is 0 Å². The third-order valence-electron chi connectivity index (χ3n) is 3.62. The van der Waals surface area contributed by atoms with Crippen LogP contribution in [0, 0.1) is 0 Å². The van der Waals surface area contributed by atoms with Crippen LogP contribution in [0.5, 0.6) is 17.2 Å². The van der Waals surface area contributed by atoms with Crippen molar-refractivity contribution in [1.82, 2.24) is 0 Å². The lowest BCUT2D eigenvalue weighted by atomic mass is 9.92. The second-order valence-electron chi connectivity index (χ2n) is 4.76. The molecule has 0 amide bonds. The molecule has 2 rings (SSSR count). The Hall–Kier alpha value is -1.91. The predicted molar refractivity (Wildman–Crippen MR) is 69.3 cm³/mol. The van der Waals surface area contributed by atoms with Crippen molar-refractivity contribution < 1.29 is 24.1 Å². The number of methoxy groups -OCH3 is 3. The number of benzene rings is 1. The van der Waals surface area contributed by atoms with E-state index in [0.717, 1.165) is 18.4 Å². The van der Waals surface area contributed by atoms with Gasteiger partial charge >= 0.3 is 5.97 Å². The van der Waals surface area contributed by atoms with Gasteiger partial charge in [0.05, 0.1) is 27.8 Å². The van der Waals surface area contributed by atoms with Crippen LogP contribution < -0.4 is 14.2 Å². The molecule has 1 fully saturated rings. The van der Waals surface area contributed by atoms with Crippen LogP contribution in [0.2, 0.25) is 0 Å². The predicted octanol–water partition coefficient (Wildman–Crippen LogP) is 2.22. The second kappa shape index (κ2) is 4.99. The largest absolute Gasteiger partial charge is 0.493 e. The third-order valence-corrected chi connectivity index (χ3v) is 3.62. The Morgan fingerprint density at radius 3 is 2.00 bits per heavy atom. The van der Waals surface area contributed by atoms with E-state index in [9.17, 15) is 4.79 Å². The summed E-state index contributed by atoms with van der Waals surface area (Å²) in [6, 6.07) is 3.69. The molecule has 0 unspecified atom stereocenters. The van der Waals surface area contributed by atoms with Crippen molar-refractivity contribution >= 4 is 5.97 Å². The summed E-state index contributed by atoms with van der Waals surface area (Å²) in [4.78, 5) is 11.0. The molecule has 0 heterocycles. The first-order valence-electron chi connectivity index (χ1n) is 6.08. The average Bonchev–Trinajstić information content (AvgIpc) is 3.16. The normalized spacial score (nSPS) is 15.7. The fourth-order valence-electron chi connectivity index (χ4n) is 2.40. The molecule has 0 aromatic heterocycles. The summed E-state index contributed by atoms with van der Waals surface area (Å²) in [5.74, 6) is 0.869. The minimum atomic E-state index is -0.786. The Morgan fingerprint density at radius 1 is 1.16 bits per heavy atom. The molecule has 0 aliphatic heterocycles. The lowest BCUT2D eigenvalue weighted by molar-refractivity contribution is -0.137. The molecular formula is C14H18O5. The van der Waals surface area contributed by atoms with Crippen LogP contribution in [-0.4, -0.2) is 32.4 Å². The summed E-state index contributed by atoms with van der Waals surface area (Å²) >= 11 is 0. The summed E-state index contributed by atoms with van der Waals surface area (Å²) in [5, 5.41) is 9.02. The molecule has 5 heteroatoms. The molecule has 1 aromatic carbocycles. The maximum atomic E-state index is 11.0. The number of hydrogen-bond donors (Lipinski definition) is 1. The first kappa shape index (κ1) is 13.5. The highest BCUT2D eigenvalue weighted by atomic mass is 16.5. The van der Waals surface area contributed by atoms with E-state index in [0.29, 0.717) is 17.2 Å². The number of rotatable bonds is 6.